The Labute approximate surface area is 171 Å². The summed E-state index contributed by atoms with van der Waals surface area (Å²) in [6.45, 7) is 5.92. The predicted octanol–water partition coefficient (Wildman–Crippen LogP) is -0.480. The van der Waals surface area contributed by atoms with Gasteiger partial charge < -0.3 is 40.1 Å². The van der Waals surface area contributed by atoms with E-state index in [1.165, 1.54) is 0 Å². The smallest absolute Gasteiger partial charge is 0.187 e. The minimum atomic E-state index is -1.53. The maximum absolute atomic E-state index is 11.5. The number of aliphatic hydroxyl groups excluding tert-OH is 5. The number of aliphatic hydroxyl groups is 6. The van der Waals surface area contributed by atoms with Gasteiger partial charge in [0.15, 0.2) is 6.29 Å². The van der Waals surface area contributed by atoms with Crippen molar-refractivity contribution in [2.24, 2.45) is 22.7 Å². The lowest BCUT2D eigenvalue weighted by atomic mass is 9.49. The van der Waals surface area contributed by atoms with Crippen LogP contribution < -0.4 is 0 Å². The second kappa shape index (κ2) is 7.10. The first kappa shape index (κ1) is 21.9. The third kappa shape index (κ3) is 3.36. The van der Waals surface area contributed by atoms with E-state index in [9.17, 15) is 30.6 Å². The zero-order valence-electron chi connectivity index (χ0n) is 17.4. The highest BCUT2D eigenvalue weighted by Crippen LogP contribution is 2.65. The molecule has 168 valence electrons. The number of hydrogen-bond donors (Lipinski definition) is 6. The van der Waals surface area contributed by atoms with Crippen LogP contribution in [0.25, 0.3) is 0 Å². The van der Waals surface area contributed by atoms with Crippen molar-refractivity contribution in [2.45, 2.75) is 101 Å². The van der Waals surface area contributed by atoms with E-state index in [0.717, 1.165) is 19.3 Å². The van der Waals surface area contributed by atoms with Crippen molar-refractivity contribution in [3.63, 3.8) is 0 Å². The van der Waals surface area contributed by atoms with Gasteiger partial charge in [-0.2, -0.15) is 0 Å². The molecule has 1 aliphatic heterocycles. The van der Waals surface area contributed by atoms with Gasteiger partial charge in [0, 0.05) is 6.42 Å². The number of hydrogen-bond acceptors (Lipinski definition) is 8. The minimum absolute atomic E-state index is 0.169. The highest BCUT2D eigenvalue weighted by molar-refractivity contribution is 5.14. The summed E-state index contributed by atoms with van der Waals surface area (Å²) in [6.07, 6.45) is -5.17. The molecule has 4 fully saturated rings. The van der Waals surface area contributed by atoms with E-state index in [0.29, 0.717) is 12.3 Å². The molecule has 0 aromatic rings. The molecule has 4 rings (SSSR count). The Bertz CT molecular complexity index is 626. The minimum Gasteiger partial charge on any atom is -0.394 e. The highest BCUT2D eigenvalue weighted by atomic mass is 16.7. The maximum Gasteiger partial charge on any atom is 0.187 e. The Kier molecular flexibility index (Phi) is 5.36. The van der Waals surface area contributed by atoms with Crippen molar-refractivity contribution < 1.29 is 40.1 Å². The molecule has 1 saturated heterocycles. The summed E-state index contributed by atoms with van der Waals surface area (Å²) in [5.41, 5.74) is -1.30. The van der Waals surface area contributed by atoms with E-state index < -0.39 is 60.5 Å². The fourth-order valence-corrected chi connectivity index (χ4v) is 6.78. The normalized spacial score (nSPS) is 56.8. The molecular weight excluding hydrogens is 380 g/mol. The summed E-state index contributed by atoms with van der Waals surface area (Å²) in [7, 11) is 0. The monoisotopic (exact) mass is 416 g/mol. The quantitative estimate of drug-likeness (QED) is 0.363. The molecule has 3 unspecified atom stereocenters. The van der Waals surface area contributed by atoms with E-state index in [-0.39, 0.29) is 17.8 Å². The van der Waals surface area contributed by atoms with Gasteiger partial charge in [-0.05, 0) is 48.3 Å². The van der Waals surface area contributed by atoms with Crippen LogP contribution in [0, 0.1) is 22.7 Å². The maximum atomic E-state index is 11.5. The Morgan fingerprint density at radius 3 is 2.28 bits per heavy atom. The zero-order chi connectivity index (χ0) is 21.4. The molecule has 0 spiro atoms. The predicted molar refractivity (Wildman–Crippen MR) is 102 cm³/mol. The topological polar surface area (TPSA) is 140 Å². The van der Waals surface area contributed by atoms with Gasteiger partial charge in [-0.15, -0.1) is 0 Å². The molecule has 0 amide bonds. The van der Waals surface area contributed by atoms with Gasteiger partial charge in [-0.1, -0.05) is 20.8 Å². The number of ether oxygens (including phenoxy) is 2. The van der Waals surface area contributed by atoms with Gasteiger partial charge in [0.2, 0.25) is 0 Å². The van der Waals surface area contributed by atoms with Crippen LogP contribution in [-0.2, 0) is 9.47 Å². The first-order valence-electron chi connectivity index (χ1n) is 10.8. The first-order valence-corrected chi connectivity index (χ1v) is 10.8. The molecule has 4 aliphatic rings. The second-order valence-corrected chi connectivity index (χ2v) is 10.9. The Balaban J connectivity index is 1.56. The summed E-state index contributed by atoms with van der Waals surface area (Å²) >= 11 is 0. The van der Waals surface area contributed by atoms with Gasteiger partial charge >= 0.3 is 0 Å². The molecule has 2 bridgehead atoms. The Morgan fingerprint density at radius 1 is 0.966 bits per heavy atom. The van der Waals surface area contributed by atoms with Crippen molar-refractivity contribution in [1.82, 2.24) is 0 Å². The van der Waals surface area contributed by atoms with Crippen LogP contribution in [0.3, 0.4) is 0 Å². The molecule has 0 radical (unpaired) electrons. The van der Waals surface area contributed by atoms with E-state index in [1.54, 1.807) is 0 Å². The van der Waals surface area contributed by atoms with E-state index in [2.05, 4.69) is 13.8 Å². The van der Waals surface area contributed by atoms with Crippen LogP contribution in [0.5, 0.6) is 0 Å². The molecule has 0 aromatic carbocycles. The van der Waals surface area contributed by atoms with Crippen LogP contribution in [0.15, 0.2) is 0 Å². The van der Waals surface area contributed by atoms with Crippen molar-refractivity contribution in [3.05, 3.63) is 0 Å². The van der Waals surface area contributed by atoms with Gasteiger partial charge in [0.05, 0.1) is 24.4 Å². The molecule has 6 N–H and O–H groups in total. The van der Waals surface area contributed by atoms with Gasteiger partial charge in [0.25, 0.3) is 0 Å². The fourth-order valence-electron chi connectivity index (χ4n) is 6.78. The van der Waals surface area contributed by atoms with Gasteiger partial charge in [0.1, 0.15) is 24.4 Å². The summed E-state index contributed by atoms with van der Waals surface area (Å²) in [6, 6.07) is 0. The lowest BCUT2D eigenvalue weighted by Gasteiger charge is -2.59. The number of rotatable bonds is 3. The van der Waals surface area contributed by atoms with Crippen LogP contribution >= 0.6 is 0 Å². The zero-order valence-corrected chi connectivity index (χ0v) is 17.4. The van der Waals surface area contributed by atoms with Crippen LogP contribution in [0.2, 0.25) is 0 Å². The fraction of sp³-hybridized carbons (Fsp3) is 1.00. The van der Waals surface area contributed by atoms with Crippen LogP contribution in [0.4, 0.5) is 0 Å². The molecule has 1 heterocycles. The average Bonchev–Trinajstić information content (AvgIpc) is 2.70. The largest absolute Gasteiger partial charge is 0.394 e. The lowest BCUT2D eigenvalue weighted by molar-refractivity contribution is -0.335. The first-order chi connectivity index (χ1) is 13.4. The molecule has 8 heteroatoms. The van der Waals surface area contributed by atoms with E-state index in [4.69, 9.17) is 9.47 Å². The summed E-state index contributed by atoms with van der Waals surface area (Å²) in [4.78, 5) is 0. The standard InChI is InChI=1S/C21H36O8/c1-19(2)6-11-10(19)4-5-20(3)9-21(11,27)7-12(23)17(20)29-18-16(26)15(25)14(24)13(8-22)28-18/h10-18,22-27H,4-9H2,1-3H3/t10?,11?,12-,13+,14+,15-,16+,17+,18-,20?,21+/m0/s1. The van der Waals surface area contributed by atoms with Crippen LogP contribution in [0.1, 0.15) is 52.9 Å². The molecule has 11 atom stereocenters. The third-order valence-electron chi connectivity index (χ3n) is 8.39. The van der Waals surface area contributed by atoms with Crippen LogP contribution in [-0.4, -0.2) is 85.8 Å². The van der Waals surface area contributed by atoms with E-state index in [1.807, 2.05) is 6.92 Å². The van der Waals surface area contributed by atoms with Crippen molar-refractivity contribution in [3.8, 4) is 0 Å². The lowest BCUT2D eigenvalue weighted by Crippen LogP contribution is -2.64. The third-order valence-corrected chi connectivity index (χ3v) is 8.39. The van der Waals surface area contributed by atoms with E-state index >= 15 is 0 Å². The summed E-state index contributed by atoms with van der Waals surface area (Å²) in [5.74, 6) is 0.565. The van der Waals surface area contributed by atoms with Gasteiger partial charge in [-0.25, -0.2) is 0 Å². The molecule has 3 saturated carbocycles. The molecule has 3 aliphatic carbocycles. The Morgan fingerprint density at radius 2 is 1.66 bits per heavy atom. The SMILES string of the molecule is CC1(C)CC2C1CCC1(C)C[C@]2(O)C[C@H](O)[C@H]1O[C@@H]1O[C@H](CO)[C@@H](O)[C@H](O)[C@H]1O. The second-order valence-electron chi connectivity index (χ2n) is 10.9. The van der Waals surface area contributed by atoms with Crippen molar-refractivity contribution >= 4 is 0 Å². The van der Waals surface area contributed by atoms with Crippen molar-refractivity contribution in [1.29, 1.82) is 0 Å². The number of fused-ring (bicyclic) bond motifs is 4. The summed E-state index contributed by atoms with van der Waals surface area (Å²) in [5, 5.41) is 62.2. The van der Waals surface area contributed by atoms with Gasteiger partial charge in [-0.3, -0.25) is 0 Å². The molecule has 29 heavy (non-hydrogen) atoms. The molecular formula is C21H36O8. The van der Waals surface area contributed by atoms with Crippen molar-refractivity contribution in [2.75, 3.05) is 6.61 Å². The Hall–Kier alpha value is -0.320. The highest BCUT2D eigenvalue weighted by Gasteiger charge is 2.64. The average molecular weight is 417 g/mol. The summed E-state index contributed by atoms with van der Waals surface area (Å²) < 4.78 is 11.5. The molecule has 8 nitrogen and oxygen atoms in total. The molecule has 0 aromatic heterocycles.